The van der Waals surface area contributed by atoms with E-state index in [1.807, 2.05) is 0 Å². The summed E-state index contributed by atoms with van der Waals surface area (Å²) in [5.41, 5.74) is 0.951. The van der Waals surface area contributed by atoms with E-state index >= 15 is 0 Å². The van der Waals surface area contributed by atoms with Crippen LogP contribution in [-0.2, 0) is 9.59 Å². The number of fused-ring (bicyclic) bond motifs is 1. The first-order valence-electron chi connectivity index (χ1n) is 4.81. The summed E-state index contributed by atoms with van der Waals surface area (Å²) >= 11 is 0. The summed E-state index contributed by atoms with van der Waals surface area (Å²) in [5, 5.41) is 4.70. The van der Waals surface area contributed by atoms with Crippen LogP contribution in [0, 0.1) is 0 Å². The van der Waals surface area contributed by atoms with Crippen molar-refractivity contribution in [3.63, 3.8) is 0 Å². The van der Waals surface area contributed by atoms with Crippen molar-refractivity contribution in [1.29, 1.82) is 0 Å². The number of carbonyl (C=O) groups is 3. The van der Waals surface area contributed by atoms with Crippen molar-refractivity contribution in [2.75, 3.05) is 0 Å². The molecule has 0 aromatic heterocycles. The normalized spacial score (nSPS) is 18.7. The Balaban J connectivity index is 2.46. The molecule has 1 unspecified atom stereocenters. The lowest BCUT2D eigenvalue weighted by atomic mass is 9.95. The van der Waals surface area contributed by atoms with Gasteiger partial charge in [-0.2, -0.15) is 0 Å². The van der Waals surface area contributed by atoms with E-state index in [0.717, 1.165) is 0 Å². The fraction of sp³-hybridized carbons (Fsp3) is 0.182. The van der Waals surface area contributed by atoms with Gasteiger partial charge in [0, 0.05) is 12.5 Å². The Bertz CT molecular complexity index is 482. The van der Waals surface area contributed by atoms with Gasteiger partial charge in [0.15, 0.2) is 0 Å². The number of amides is 3. The maximum atomic E-state index is 11.6. The molecule has 1 aliphatic rings. The minimum Gasteiger partial charge on any atom is -0.341 e. The van der Waals surface area contributed by atoms with Crippen LogP contribution in [-0.4, -0.2) is 17.7 Å². The lowest BCUT2D eigenvalue weighted by Gasteiger charge is -2.24. The molecular formula is C11H10N2O3. The molecule has 0 radical (unpaired) electrons. The molecule has 0 saturated heterocycles. The summed E-state index contributed by atoms with van der Waals surface area (Å²) in [5.74, 6) is -1.24. The lowest BCUT2D eigenvalue weighted by molar-refractivity contribution is -0.127. The highest BCUT2D eigenvalue weighted by molar-refractivity contribution is 6.11. The van der Waals surface area contributed by atoms with Gasteiger partial charge in [-0.05, 0) is 11.6 Å². The molecule has 5 nitrogen and oxygen atoms in total. The van der Waals surface area contributed by atoms with Crippen LogP contribution in [0.2, 0.25) is 0 Å². The SMILES string of the molecule is CC(=O)NC1C(=O)NC(=O)c2ccccc21. The number of benzene rings is 1. The number of rotatable bonds is 1. The fourth-order valence-electron chi connectivity index (χ4n) is 1.69. The highest BCUT2D eigenvalue weighted by Gasteiger charge is 2.32. The van der Waals surface area contributed by atoms with E-state index in [2.05, 4.69) is 10.6 Å². The Labute approximate surface area is 91.8 Å². The maximum absolute atomic E-state index is 11.6. The van der Waals surface area contributed by atoms with Crippen molar-refractivity contribution in [2.45, 2.75) is 13.0 Å². The second-order valence-corrected chi connectivity index (χ2v) is 3.54. The zero-order valence-corrected chi connectivity index (χ0v) is 8.61. The van der Waals surface area contributed by atoms with Gasteiger partial charge in [-0.25, -0.2) is 0 Å². The van der Waals surface area contributed by atoms with E-state index in [1.165, 1.54) is 6.92 Å². The van der Waals surface area contributed by atoms with Gasteiger partial charge >= 0.3 is 0 Å². The average Bonchev–Trinajstić information content (AvgIpc) is 2.24. The van der Waals surface area contributed by atoms with Gasteiger partial charge in [0.25, 0.3) is 11.8 Å². The molecule has 1 aliphatic heterocycles. The second kappa shape index (κ2) is 3.77. The van der Waals surface area contributed by atoms with Crippen LogP contribution in [0.4, 0.5) is 0 Å². The summed E-state index contributed by atoms with van der Waals surface area (Å²) in [7, 11) is 0. The molecule has 1 heterocycles. The predicted molar refractivity (Wildman–Crippen MR) is 55.5 cm³/mol. The monoisotopic (exact) mass is 218 g/mol. The van der Waals surface area contributed by atoms with E-state index in [9.17, 15) is 14.4 Å². The molecule has 0 fully saturated rings. The number of hydrogen-bond donors (Lipinski definition) is 2. The van der Waals surface area contributed by atoms with Gasteiger partial charge in [0.2, 0.25) is 5.91 Å². The van der Waals surface area contributed by atoms with Crippen LogP contribution in [0.5, 0.6) is 0 Å². The Hall–Kier alpha value is -2.17. The van der Waals surface area contributed by atoms with Crippen molar-refractivity contribution in [2.24, 2.45) is 0 Å². The third-order valence-electron chi connectivity index (χ3n) is 2.36. The van der Waals surface area contributed by atoms with Crippen molar-refractivity contribution in [1.82, 2.24) is 10.6 Å². The summed E-state index contributed by atoms with van der Waals surface area (Å²) in [6.07, 6.45) is 0. The van der Waals surface area contributed by atoms with Crippen LogP contribution in [0.1, 0.15) is 28.9 Å². The molecule has 82 valence electrons. The van der Waals surface area contributed by atoms with Crippen LogP contribution in [0.25, 0.3) is 0 Å². The van der Waals surface area contributed by atoms with Gasteiger partial charge in [0.1, 0.15) is 6.04 Å². The molecule has 2 N–H and O–H groups in total. The minimum absolute atomic E-state index is 0.315. The first-order chi connectivity index (χ1) is 7.59. The third kappa shape index (κ3) is 1.67. The van der Waals surface area contributed by atoms with E-state index in [4.69, 9.17) is 0 Å². The molecule has 5 heteroatoms. The Morgan fingerprint density at radius 2 is 2.00 bits per heavy atom. The minimum atomic E-state index is -0.786. The van der Waals surface area contributed by atoms with Gasteiger partial charge in [-0.15, -0.1) is 0 Å². The Morgan fingerprint density at radius 1 is 1.31 bits per heavy atom. The molecule has 0 bridgehead atoms. The standard InChI is InChI=1S/C11H10N2O3/c1-6(14)12-9-7-4-2-3-5-8(7)10(15)13-11(9)16/h2-5,9H,1H3,(H,12,14)(H,13,15,16). The smallest absolute Gasteiger partial charge is 0.258 e. The second-order valence-electron chi connectivity index (χ2n) is 3.54. The van der Waals surface area contributed by atoms with E-state index in [0.29, 0.717) is 11.1 Å². The molecular weight excluding hydrogens is 208 g/mol. The van der Waals surface area contributed by atoms with E-state index in [1.54, 1.807) is 24.3 Å². The molecule has 3 amide bonds. The quantitative estimate of drug-likeness (QED) is 0.658. The van der Waals surface area contributed by atoms with E-state index < -0.39 is 17.9 Å². The summed E-state index contributed by atoms with van der Waals surface area (Å²) in [4.78, 5) is 34.0. The number of carbonyl (C=O) groups excluding carboxylic acids is 3. The fourth-order valence-corrected chi connectivity index (χ4v) is 1.69. The number of nitrogens with one attached hydrogen (secondary N) is 2. The van der Waals surface area contributed by atoms with Gasteiger partial charge in [0.05, 0.1) is 0 Å². The molecule has 0 aliphatic carbocycles. The third-order valence-corrected chi connectivity index (χ3v) is 2.36. The van der Waals surface area contributed by atoms with Crippen molar-refractivity contribution < 1.29 is 14.4 Å². The first kappa shape index (κ1) is 10.4. The topological polar surface area (TPSA) is 75.3 Å². The average molecular weight is 218 g/mol. The molecule has 2 rings (SSSR count). The summed E-state index contributed by atoms with van der Waals surface area (Å²) in [6.45, 7) is 1.33. The number of imide groups is 1. The van der Waals surface area contributed by atoms with Crippen LogP contribution >= 0.6 is 0 Å². The zero-order chi connectivity index (χ0) is 11.7. The molecule has 1 atom stereocenters. The Morgan fingerprint density at radius 3 is 2.69 bits per heavy atom. The first-order valence-corrected chi connectivity index (χ1v) is 4.81. The van der Waals surface area contributed by atoms with Crippen LogP contribution in [0.15, 0.2) is 24.3 Å². The van der Waals surface area contributed by atoms with Crippen molar-refractivity contribution >= 4 is 17.7 Å². The van der Waals surface area contributed by atoms with Crippen LogP contribution in [0.3, 0.4) is 0 Å². The largest absolute Gasteiger partial charge is 0.341 e. The zero-order valence-electron chi connectivity index (χ0n) is 8.61. The summed E-state index contributed by atoms with van der Waals surface area (Å²) < 4.78 is 0. The van der Waals surface area contributed by atoms with E-state index in [-0.39, 0.29) is 5.91 Å². The molecule has 1 aromatic carbocycles. The molecule has 0 saturated carbocycles. The van der Waals surface area contributed by atoms with Gasteiger partial charge < -0.3 is 5.32 Å². The maximum Gasteiger partial charge on any atom is 0.258 e. The van der Waals surface area contributed by atoms with Gasteiger partial charge in [-0.1, -0.05) is 18.2 Å². The summed E-state index contributed by atoms with van der Waals surface area (Å²) in [6, 6.07) is 5.92. The molecule has 1 aromatic rings. The highest BCUT2D eigenvalue weighted by atomic mass is 16.2. The van der Waals surface area contributed by atoms with Crippen molar-refractivity contribution in [3.8, 4) is 0 Å². The van der Waals surface area contributed by atoms with Gasteiger partial charge in [-0.3, -0.25) is 19.7 Å². The van der Waals surface area contributed by atoms with Crippen LogP contribution < -0.4 is 10.6 Å². The molecule has 16 heavy (non-hydrogen) atoms. The predicted octanol–water partition coefficient (Wildman–Crippen LogP) is 0.134. The lowest BCUT2D eigenvalue weighted by Crippen LogP contribution is -2.46. The number of hydrogen-bond acceptors (Lipinski definition) is 3. The highest BCUT2D eigenvalue weighted by Crippen LogP contribution is 2.22. The van der Waals surface area contributed by atoms with Crippen molar-refractivity contribution in [3.05, 3.63) is 35.4 Å². The molecule has 0 spiro atoms. The Kier molecular flexibility index (Phi) is 2.44.